The molecule has 0 aromatic heterocycles. The van der Waals surface area contributed by atoms with E-state index in [9.17, 15) is 5.26 Å². The normalized spacial score (nSPS) is 13.7. The number of nitriles is 1. The Labute approximate surface area is 125 Å². The largest absolute Gasteiger partial charge is 0.399 e. The number of nitrogens with zero attached hydrogens (tertiary/aromatic N) is 2. The average Bonchev–Trinajstić information content (AvgIpc) is 3.31. The molecule has 106 valence electrons. The molecule has 3 rings (SSSR count). The fourth-order valence-electron chi connectivity index (χ4n) is 2.73. The molecule has 0 aliphatic heterocycles. The van der Waals surface area contributed by atoms with Crippen molar-refractivity contribution >= 4 is 11.4 Å². The van der Waals surface area contributed by atoms with Crippen LogP contribution in [0.15, 0.2) is 42.5 Å². The molecular weight excluding hydrogens is 258 g/mol. The van der Waals surface area contributed by atoms with Crippen LogP contribution in [0.1, 0.15) is 29.5 Å². The van der Waals surface area contributed by atoms with Gasteiger partial charge in [0.05, 0.1) is 11.3 Å². The summed E-state index contributed by atoms with van der Waals surface area (Å²) in [6, 6.07) is 16.8. The van der Waals surface area contributed by atoms with Crippen LogP contribution in [-0.2, 0) is 6.54 Å². The Morgan fingerprint density at radius 2 is 1.90 bits per heavy atom. The van der Waals surface area contributed by atoms with Gasteiger partial charge >= 0.3 is 0 Å². The summed E-state index contributed by atoms with van der Waals surface area (Å²) in [7, 11) is 0. The second-order valence-electron chi connectivity index (χ2n) is 5.68. The summed E-state index contributed by atoms with van der Waals surface area (Å²) in [5.74, 6) is 0. The average molecular weight is 277 g/mol. The summed E-state index contributed by atoms with van der Waals surface area (Å²) in [4.78, 5) is 2.37. The molecule has 1 aliphatic rings. The lowest BCUT2D eigenvalue weighted by atomic mass is 10.1. The Morgan fingerprint density at radius 1 is 1.19 bits per heavy atom. The lowest BCUT2D eigenvalue weighted by Crippen LogP contribution is -2.26. The number of para-hydroxylation sites is 1. The van der Waals surface area contributed by atoms with E-state index in [2.05, 4.69) is 36.1 Å². The summed E-state index contributed by atoms with van der Waals surface area (Å²) in [6.45, 7) is 2.90. The van der Waals surface area contributed by atoms with E-state index in [0.717, 1.165) is 29.0 Å². The lowest BCUT2D eigenvalue weighted by Gasteiger charge is -2.27. The van der Waals surface area contributed by atoms with Crippen molar-refractivity contribution in [3.8, 4) is 6.07 Å². The van der Waals surface area contributed by atoms with E-state index in [1.54, 1.807) is 0 Å². The van der Waals surface area contributed by atoms with Crippen molar-refractivity contribution < 1.29 is 0 Å². The van der Waals surface area contributed by atoms with Crippen LogP contribution in [0.25, 0.3) is 0 Å². The molecule has 0 atom stereocenters. The Kier molecular flexibility index (Phi) is 3.53. The molecule has 0 heterocycles. The molecule has 21 heavy (non-hydrogen) atoms. The molecule has 0 unspecified atom stereocenters. The van der Waals surface area contributed by atoms with Crippen molar-refractivity contribution in [1.82, 2.24) is 0 Å². The first kappa shape index (κ1) is 13.5. The second kappa shape index (κ2) is 5.49. The molecule has 0 spiro atoms. The van der Waals surface area contributed by atoms with Crippen molar-refractivity contribution in [1.29, 1.82) is 5.26 Å². The highest BCUT2D eigenvalue weighted by atomic mass is 15.2. The van der Waals surface area contributed by atoms with Crippen LogP contribution in [-0.4, -0.2) is 6.04 Å². The minimum atomic E-state index is 0.552. The zero-order valence-electron chi connectivity index (χ0n) is 12.2. The molecule has 2 aromatic carbocycles. The molecular formula is C18H19N3. The van der Waals surface area contributed by atoms with Crippen LogP contribution < -0.4 is 10.6 Å². The maximum Gasteiger partial charge on any atom is 0.101 e. The van der Waals surface area contributed by atoms with E-state index in [0.29, 0.717) is 6.04 Å². The van der Waals surface area contributed by atoms with E-state index in [1.165, 1.54) is 18.4 Å². The molecule has 0 radical (unpaired) electrons. The highest BCUT2D eigenvalue weighted by molar-refractivity contribution is 5.65. The van der Waals surface area contributed by atoms with Gasteiger partial charge in [0.2, 0.25) is 0 Å². The second-order valence-corrected chi connectivity index (χ2v) is 5.68. The molecule has 1 fully saturated rings. The first-order valence-corrected chi connectivity index (χ1v) is 7.30. The third kappa shape index (κ3) is 2.85. The van der Waals surface area contributed by atoms with E-state index < -0.39 is 0 Å². The predicted molar refractivity (Wildman–Crippen MR) is 86.0 cm³/mol. The number of anilines is 2. The monoisotopic (exact) mass is 277 g/mol. The lowest BCUT2D eigenvalue weighted by molar-refractivity contribution is 0.789. The number of nitrogens with two attached hydrogens (primary N) is 1. The minimum absolute atomic E-state index is 0.552. The van der Waals surface area contributed by atoms with Crippen LogP contribution in [0, 0.1) is 18.3 Å². The number of nitrogen functional groups attached to an aromatic ring is 1. The van der Waals surface area contributed by atoms with Crippen molar-refractivity contribution in [2.45, 2.75) is 32.4 Å². The van der Waals surface area contributed by atoms with Gasteiger partial charge in [-0.15, -0.1) is 0 Å². The zero-order valence-corrected chi connectivity index (χ0v) is 12.2. The molecule has 0 saturated heterocycles. The van der Waals surface area contributed by atoms with E-state index >= 15 is 0 Å². The number of aryl methyl sites for hydroxylation is 1. The topological polar surface area (TPSA) is 53.0 Å². The fourth-order valence-corrected chi connectivity index (χ4v) is 2.73. The molecule has 0 bridgehead atoms. The van der Waals surface area contributed by atoms with Crippen LogP contribution in [0.5, 0.6) is 0 Å². The molecule has 3 nitrogen and oxygen atoms in total. The van der Waals surface area contributed by atoms with E-state index in [-0.39, 0.29) is 0 Å². The third-order valence-corrected chi connectivity index (χ3v) is 3.97. The van der Waals surface area contributed by atoms with Gasteiger partial charge in [-0.3, -0.25) is 0 Å². The Bertz CT molecular complexity index is 679. The van der Waals surface area contributed by atoms with Crippen LogP contribution >= 0.6 is 0 Å². The van der Waals surface area contributed by atoms with E-state index in [1.807, 2.05) is 24.3 Å². The summed E-state index contributed by atoms with van der Waals surface area (Å²) >= 11 is 0. The molecule has 1 saturated carbocycles. The Balaban J connectivity index is 1.96. The highest BCUT2D eigenvalue weighted by Crippen LogP contribution is 2.36. The maximum absolute atomic E-state index is 9.40. The van der Waals surface area contributed by atoms with Gasteiger partial charge in [0.15, 0.2) is 0 Å². The van der Waals surface area contributed by atoms with E-state index in [4.69, 9.17) is 5.73 Å². The van der Waals surface area contributed by atoms with Crippen LogP contribution in [0.3, 0.4) is 0 Å². The van der Waals surface area contributed by atoms with Crippen molar-refractivity contribution in [2.75, 3.05) is 10.6 Å². The van der Waals surface area contributed by atoms with Gasteiger partial charge in [-0.05, 0) is 49.1 Å². The van der Waals surface area contributed by atoms with Crippen molar-refractivity contribution in [2.24, 2.45) is 0 Å². The highest BCUT2D eigenvalue weighted by Gasteiger charge is 2.31. The SMILES string of the molecule is Cc1cccc(C#N)c1N(Cc1ccc(N)cc1)C1CC1. The Hall–Kier alpha value is -2.47. The van der Waals surface area contributed by atoms with Gasteiger partial charge in [0, 0.05) is 18.3 Å². The first-order valence-electron chi connectivity index (χ1n) is 7.30. The van der Waals surface area contributed by atoms with Gasteiger partial charge in [-0.25, -0.2) is 0 Å². The smallest absolute Gasteiger partial charge is 0.101 e. The summed E-state index contributed by atoms with van der Waals surface area (Å²) in [6.07, 6.45) is 2.41. The van der Waals surface area contributed by atoms with Gasteiger partial charge in [-0.1, -0.05) is 24.3 Å². The minimum Gasteiger partial charge on any atom is -0.399 e. The standard InChI is InChI=1S/C18H19N3/c1-13-3-2-4-15(11-19)18(13)21(17-9-10-17)12-14-5-7-16(20)8-6-14/h2-8,17H,9-10,12,20H2,1H3. The van der Waals surface area contributed by atoms with Gasteiger partial charge in [0.25, 0.3) is 0 Å². The molecule has 1 aliphatic carbocycles. The van der Waals surface area contributed by atoms with Gasteiger partial charge in [0.1, 0.15) is 6.07 Å². The van der Waals surface area contributed by atoms with Gasteiger partial charge < -0.3 is 10.6 Å². The number of hydrogen-bond donors (Lipinski definition) is 1. The van der Waals surface area contributed by atoms with Crippen molar-refractivity contribution in [3.63, 3.8) is 0 Å². The fraction of sp³-hybridized carbons (Fsp3) is 0.278. The quantitative estimate of drug-likeness (QED) is 0.868. The zero-order chi connectivity index (χ0) is 14.8. The molecule has 0 amide bonds. The predicted octanol–water partition coefficient (Wildman–Crippen LogP) is 3.62. The maximum atomic E-state index is 9.40. The summed E-state index contributed by atoms with van der Waals surface area (Å²) in [5.41, 5.74) is 10.8. The van der Waals surface area contributed by atoms with Crippen LogP contribution in [0.2, 0.25) is 0 Å². The van der Waals surface area contributed by atoms with Crippen molar-refractivity contribution in [3.05, 3.63) is 59.2 Å². The first-order chi connectivity index (χ1) is 10.2. The summed E-state index contributed by atoms with van der Waals surface area (Å²) < 4.78 is 0. The third-order valence-electron chi connectivity index (χ3n) is 3.97. The molecule has 3 heteroatoms. The molecule has 2 aromatic rings. The number of hydrogen-bond acceptors (Lipinski definition) is 3. The Morgan fingerprint density at radius 3 is 2.52 bits per heavy atom. The molecule has 2 N–H and O–H groups in total. The summed E-state index contributed by atoms with van der Waals surface area (Å²) in [5, 5.41) is 9.40. The van der Waals surface area contributed by atoms with Crippen LogP contribution in [0.4, 0.5) is 11.4 Å². The number of benzene rings is 2. The van der Waals surface area contributed by atoms with Gasteiger partial charge in [-0.2, -0.15) is 5.26 Å². The number of rotatable bonds is 4.